The third kappa shape index (κ3) is 3.41. The van der Waals surface area contributed by atoms with Crippen LogP contribution in [0, 0.1) is 0 Å². The zero-order valence-electron chi connectivity index (χ0n) is 14.1. The molecule has 0 aliphatic carbocycles. The van der Waals surface area contributed by atoms with Crippen LogP contribution >= 0.6 is 0 Å². The first-order valence-electron chi connectivity index (χ1n) is 7.63. The van der Waals surface area contributed by atoms with Crippen LogP contribution in [-0.4, -0.2) is 26.1 Å². The second kappa shape index (κ2) is 7.10. The Balaban J connectivity index is 1.93. The summed E-state index contributed by atoms with van der Waals surface area (Å²) in [4.78, 5) is 36.2. The van der Waals surface area contributed by atoms with E-state index in [1.807, 2.05) is 0 Å². The maximum absolute atomic E-state index is 12.4. The fraction of sp³-hybridized carbons (Fsp3) is 0.105. The van der Waals surface area contributed by atoms with Gasteiger partial charge in [0.05, 0.1) is 25.2 Å². The van der Waals surface area contributed by atoms with Crippen molar-refractivity contribution in [3.63, 3.8) is 0 Å². The highest BCUT2D eigenvalue weighted by Crippen LogP contribution is 2.20. The molecule has 1 N–H and O–H groups in total. The zero-order valence-corrected chi connectivity index (χ0v) is 14.1. The lowest BCUT2D eigenvalue weighted by atomic mass is 10.2. The van der Waals surface area contributed by atoms with Gasteiger partial charge in [0.2, 0.25) is 0 Å². The smallest absolute Gasteiger partial charge is 0.337 e. The third-order valence-electron chi connectivity index (χ3n) is 3.70. The van der Waals surface area contributed by atoms with Crippen molar-refractivity contribution in [1.29, 1.82) is 0 Å². The Morgan fingerprint density at radius 1 is 1.04 bits per heavy atom. The van der Waals surface area contributed by atoms with Crippen molar-refractivity contribution < 1.29 is 23.5 Å². The molecule has 0 spiro atoms. The van der Waals surface area contributed by atoms with E-state index in [9.17, 15) is 14.4 Å². The first kappa shape index (κ1) is 17.2. The summed E-state index contributed by atoms with van der Waals surface area (Å²) in [7, 11) is 2.76. The number of rotatable bonds is 4. The number of amides is 1. The molecule has 1 amide bonds. The fourth-order valence-corrected chi connectivity index (χ4v) is 2.41. The minimum absolute atomic E-state index is 0.153. The SMILES string of the molecule is COC(=O)c1cccc(NC(=O)c2cc(=O)c3ccc(OC)cc3o2)c1. The number of carbonyl (C=O) groups is 2. The molecule has 0 unspecified atom stereocenters. The molecule has 0 atom stereocenters. The summed E-state index contributed by atoms with van der Waals surface area (Å²) in [6.45, 7) is 0. The Bertz CT molecular complexity index is 1050. The molecule has 0 aliphatic heterocycles. The van der Waals surface area contributed by atoms with Crippen LogP contribution in [0.2, 0.25) is 0 Å². The molecule has 26 heavy (non-hydrogen) atoms. The van der Waals surface area contributed by atoms with Gasteiger partial charge in [-0.3, -0.25) is 9.59 Å². The molecule has 132 valence electrons. The van der Waals surface area contributed by atoms with Gasteiger partial charge in [-0.25, -0.2) is 4.79 Å². The monoisotopic (exact) mass is 353 g/mol. The summed E-state index contributed by atoms with van der Waals surface area (Å²) in [5, 5.41) is 2.93. The van der Waals surface area contributed by atoms with E-state index in [1.165, 1.54) is 26.4 Å². The molecule has 7 nitrogen and oxygen atoms in total. The number of esters is 1. The van der Waals surface area contributed by atoms with Crippen molar-refractivity contribution in [1.82, 2.24) is 0 Å². The predicted molar refractivity (Wildman–Crippen MR) is 94.8 cm³/mol. The molecular weight excluding hydrogens is 338 g/mol. The lowest BCUT2D eigenvalue weighted by Crippen LogP contribution is -2.15. The number of methoxy groups -OCH3 is 2. The average molecular weight is 353 g/mol. The molecule has 0 aliphatic rings. The molecule has 2 aromatic carbocycles. The van der Waals surface area contributed by atoms with Gasteiger partial charge in [-0.2, -0.15) is 0 Å². The number of ether oxygens (including phenoxy) is 2. The maximum Gasteiger partial charge on any atom is 0.337 e. The number of fused-ring (bicyclic) bond motifs is 1. The minimum Gasteiger partial charge on any atom is -0.497 e. The molecule has 0 radical (unpaired) electrons. The number of carbonyl (C=O) groups excluding carboxylic acids is 2. The van der Waals surface area contributed by atoms with Gasteiger partial charge in [-0.1, -0.05) is 6.07 Å². The average Bonchev–Trinajstić information content (AvgIpc) is 2.66. The van der Waals surface area contributed by atoms with Gasteiger partial charge in [0.1, 0.15) is 11.3 Å². The topological polar surface area (TPSA) is 94.8 Å². The summed E-state index contributed by atoms with van der Waals surface area (Å²) >= 11 is 0. The second-order valence-electron chi connectivity index (χ2n) is 5.36. The standard InChI is InChI=1S/C19H15NO6/c1-24-13-6-7-14-15(21)10-17(26-16(14)9-13)18(22)20-12-5-3-4-11(8-12)19(23)25-2/h3-10H,1-2H3,(H,20,22). The van der Waals surface area contributed by atoms with Crippen LogP contribution in [0.25, 0.3) is 11.0 Å². The summed E-state index contributed by atoms with van der Waals surface area (Å²) < 4.78 is 15.3. The van der Waals surface area contributed by atoms with Crippen LogP contribution in [0.4, 0.5) is 5.69 Å². The van der Waals surface area contributed by atoms with Crippen LogP contribution in [-0.2, 0) is 4.74 Å². The Hall–Kier alpha value is -3.61. The Labute approximate surface area is 148 Å². The molecule has 1 heterocycles. The van der Waals surface area contributed by atoms with Crippen molar-refractivity contribution in [2.45, 2.75) is 0 Å². The van der Waals surface area contributed by atoms with Gasteiger partial charge >= 0.3 is 5.97 Å². The highest BCUT2D eigenvalue weighted by atomic mass is 16.5. The number of hydrogen-bond donors (Lipinski definition) is 1. The van der Waals surface area contributed by atoms with Gasteiger partial charge in [0.25, 0.3) is 5.91 Å². The number of hydrogen-bond acceptors (Lipinski definition) is 6. The largest absolute Gasteiger partial charge is 0.497 e. The molecule has 1 aromatic heterocycles. The molecule has 7 heteroatoms. The van der Waals surface area contributed by atoms with Gasteiger partial charge in [0.15, 0.2) is 11.2 Å². The highest BCUT2D eigenvalue weighted by Gasteiger charge is 2.14. The van der Waals surface area contributed by atoms with Gasteiger partial charge < -0.3 is 19.2 Å². The lowest BCUT2D eigenvalue weighted by Gasteiger charge is -2.07. The maximum atomic E-state index is 12.4. The summed E-state index contributed by atoms with van der Waals surface area (Å²) in [6, 6.07) is 12.1. The lowest BCUT2D eigenvalue weighted by molar-refractivity contribution is 0.0600. The van der Waals surface area contributed by atoms with E-state index in [1.54, 1.807) is 30.3 Å². The molecular formula is C19H15NO6. The number of benzene rings is 2. The van der Waals surface area contributed by atoms with E-state index in [0.29, 0.717) is 16.8 Å². The third-order valence-corrected chi connectivity index (χ3v) is 3.70. The second-order valence-corrected chi connectivity index (χ2v) is 5.36. The summed E-state index contributed by atoms with van der Waals surface area (Å²) in [6.07, 6.45) is 0. The van der Waals surface area contributed by atoms with Crippen molar-refractivity contribution in [2.24, 2.45) is 0 Å². The predicted octanol–water partition coefficient (Wildman–Crippen LogP) is 2.84. The summed E-state index contributed by atoms with van der Waals surface area (Å²) in [5.74, 6) is -0.789. The Kier molecular flexibility index (Phi) is 4.70. The molecule has 0 saturated heterocycles. The molecule has 3 rings (SSSR count). The van der Waals surface area contributed by atoms with E-state index in [2.05, 4.69) is 10.1 Å². The van der Waals surface area contributed by atoms with Crippen molar-refractivity contribution in [3.05, 3.63) is 70.1 Å². The van der Waals surface area contributed by atoms with Crippen molar-refractivity contribution in [3.8, 4) is 5.75 Å². The van der Waals surface area contributed by atoms with Crippen molar-refractivity contribution in [2.75, 3.05) is 19.5 Å². The van der Waals surface area contributed by atoms with Crippen LogP contribution < -0.4 is 15.5 Å². The first-order valence-corrected chi connectivity index (χ1v) is 7.63. The van der Waals surface area contributed by atoms with Gasteiger partial charge in [-0.15, -0.1) is 0 Å². The fourth-order valence-electron chi connectivity index (χ4n) is 2.41. The van der Waals surface area contributed by atoms with E-state index >= 15 is 0 Å². The van der Waals surface area contributed by atoms with Crippen LogP contribution in [0.5, 0.6) is 5.75 Å². The molecule has 0 saturated carbocycles. The van der Waals surface area contributed by atoms with Crippen LogP contribution in [0.15, 0.2) is 57.7 Å². The van der Waals surface area contributed by atoms with E-state index < -0.39 is 11.9 Å². The van der Waals surface area contributed by atoms with Crippen molar-refractivity contribution >= 4 is 28.5 Å². The molecule has 0 fully saturated rings. The number of anilines is 1. The summed E-state index contributed by atoms with van der Waals surface area (Å²) in [5.41, 5.74) is 0.550. The normalized spacial score (nSPS) is 10.4. The zero-order chi connectivity index (χ0) is 18.7. The Morgan fingerprint density at radius 2 is 1.85 bits per heavy atom. The quantitative estimate of drug-likeness (QED) is 0.725. The minimum atomic E-state index is -0.617. The van der Waals surface area contributed by atoms with E-state index in [4.69, 9.17) is 9.15 Å². The van der Waals surface area contributed by atoms with Gasteiger partial charge in [0, 0.05) is 17.8 Å². The van der Waals surface area contributed by atoms with Crippen LogP contribution in [0.1, 0.15) is 20.9 Å². The molecule has 3 aromatic rings. The first-order chi connectivity index (χ1) is 12.5. The number of nitrogens with one attached hydrogen (secondary N) is 1. The van der Waals surface area contributed by atoms with E-state index in [0.717, 1.165) is 6.07 Å². The van der Waals surface area contributed by atoms with E-state index in [-0.39, 0.29) is 22.3 Å². The van der Waals surface area contributed by atoms with Gasteiger partial charge in [-0.05, 0) is 30.3 Å². The molecule has 0 bridgehead atoms. The van der Waals surface area contributed by atoms with Crippen LogP contribution in [0.3, 0.4) is 0 Å². The Morgan fingerprint density at radius 3 is 2.58 bits per heavy atom. The highest BCUT2D eigenvalue weighted by molar-refractivity contribution is 6.03.